The summed E-state index contributed by atoms with van der Waals surface area (Å²) < 4.78 is 24.5. The summed E-state index contributed by atoms with van der Waals surface area (Å²) in [5, 5.41) is 13.0. The number of halogens is 1. The number of rotatable bonds is 11. The predicted molar refractivity (Wildman–Crippen MR) is 139 cm³/mol. The molecule has 1 spiro atoms. The fourth-order valence-electron chi connectivity index (χ4n) is 5.52. The van der Waals surface area contributed by atoms with Gasteiger partial charge in [0.1, 0.15) is 18.1 Å². The van der Waals surface area contributed by atoms with E-state index >= 15 is 0 Å². The molecule has 3 aromatic rings. The fourth-order valence-corrected chi connectivity index (χ4v) is 5.52. The highest BCUT2D eigenvalue weighted by molar-refractivity contribution is 5.91. The Morgan fingerprint density at radius 1 is 1.23 bits per heavy atom. The summed E-state index contributed by atoms with van der Waals surface area (Å²) in [4.78, 5) is 36.1. The van der Waals surface area contributed by atoms with Crippen LogP contribution < -0.4 is 5.32 Å². The van der Waals surface area contributed by atoms with Crippen molar-refractivity contribution in [1.82, 2.24) is 20.2 Å². The smallest absolute Gasteiger partial charge is 0.263 e. The topological polar surface area (TPSA) is 125 Å². The van der Waals surface area contributed by atoms with Gasteiger partial charge in [0.25, 0.3) is 5.89 Å². The molecule has 1 saturated carbocycles. The van der Waals surface area contributed by atoms with Gasteiger partial charge in [0.15, 0.2) is 11.5 Å². The number of aromatic nitrogens is 2. The van der Waals surface area contributed by atoms with Crippen LogP contribution in [-0.4, -0.2) is 46.7 Å². The van der Waals surface area contributed by atoms with Gasteiger partial charge in [-0.25, -0.2) is 9.37 Å². The molecule has 1 N–H and O–H groups in total. The number of carbonyl (C=O) groups excluding carboxylic acids is 2. The minimum Gasteiger partial charge on any atom is -0.442 e. The third kappa shape index (κ3) is 6.09. The van der Waals surface area contributed by atoms with Crippen LogP contribution in [0.2, 0.25) is 0 Å². The summed E-state index contributed by atoms with van der Waals surface area (Å²) in [7, 11) is 2.10. The average molecular weight is 534 g/mol. The summed E-state index contributed by atoms with van der Waals surface area (Å²) in [6, 6.07) is 7.24. The zero-order valence-electron chi connectivity index (χ0n) is 22.0. The van der Waals surface area contributed by atoms with Crippen LogP contribution in [0.4, 0.5) is 4.39 Å². The fraction of sp³-hybridized carbons (Fsp3) is 0.483. The molecule has 204 valence electrons. The van der Waals surface area contributed by atoms with Crippen LogP contribution in [0, 0.1) is 28.5 Å². The van der Waals surface area contributed by atoms with Crippen LogP contribution in [0.15, 0.2) is 45.6 Å². The molecule has 1 amide bonds. The highest BCUT2D eigenvalue weighted by Gasteiger charge is 2.58. The summed E-state index contributed by atoms with van der Waals surface area (Å²) in [5.74, 6) is 0.0258. The molecule has 2 aromatic heterocycles. The number of hydrogen-bond donors (Lipinski definition) is 1. The third-order valence-electron chi connectivity index (χ3n) is 8.04. The number of nitrogens with zero attached hydrogens (tertiary/aromatic N) is 4. The van der Waals surface area contributed by atoms with Crippen molar-refractivity contribution >= 4 is 11.7 Å². The van der Waals surface area contributed by atoms with Gasteiger partial charge in [-0.2, -0.15) is 10.2 Å². The average Bonchev–Trinajstić information content (AvgIpc) is 3.28. The van der Waals surface area contributed by atoms with Crippen molar-refractivity contribution in [1.29, 1.82) is 5.26 Å². The number of oxazole rings is 2. The van der Waals surface area contributed by atoms with Gasteiger partial charge in [0.05, 0.1) is 12.2 Å². The number of unbranched alkanes of at least 4 members (excludes halogenated alkanes) is 2. The molecular formula is C29H32FN5O4. The van der Waals surface area contributed by atoms with Crippen LogP contribution >= 0.6 is 0 Å². The van der Waals surface area contributed by atoms with Gasteiger partial charge in [-0.3, -0.25) is 9.59 Å². The van der Waals surface area contributed by atoms with Crippen molar-refractivity contribution in [3.05, 3.63) is 59.9 Å². The summed E-state index contributed by atoms with van der Waals surface area (Å²) >= 11 is 0. The van der Waals surface area contributed by atoms with Gasteiger partial charge in [-0.05, 0) is 81.9 Å². The van der Waals surface area contributed by atoms with E-state index in [-0.39, 0.29) is 46.3 Å². The Balaban J connectivity index is 1.27. The molecule has 9 nitrogen and oxygen atoms in total. The van der Waals surface area contributed by atoms with Crippen LogP contribution in [0.1, 0.15) is 79.5 Å². The lowest BCUT2D eigenvalue weighted by atomic mass is 9.90. The molecule has 1 saturated heterocycles. The molecule has 1 aliphatic heterocycles. The molecule has 2 atom stereocenters. The highest BCUT2D eigenvalue weighted by Crippen LogP contribution is 2.59. The minimum atomic E-state index is -0.541. The van der Waals surface area contributed by atoms with Gasteiger partial charge in [-0.15, -0.1) is 0 Å². The maximum Gasteiger partial charge on any atom is 0.263 e. The van der Waals surface area contributed by atoms with Crippen molar-refractivity contribution in [2.24, 2.45) is 11.3 Å². The Morgan fingerprint density at radius 3 is 2.69 bits per heavy atom. The second-order valence-corrected chi connectivity index (χ2v) is 10.7. The highest BCUT2D eigenvalue weighted by atomic mass is 19.1. The number of nitriles is 1. The van der Waals surface area contributed by atoms with Crippen molar-refractivity contribution in [2.45, 2.75) is 57.4 Å². The maximum atomic E-state index is 13.4. The van der Waals surface area contributed by atoms with E-state index in [9.17, 15) is 19.2 Å². The van der Waals surface area contributed by atoms with Crippen LogP contribution in [0.5, 0.6) is 0 Å². The Hall–Kier alpha value is -3.84. The monoisotopic (exact) mass is 533 g/mol. The number of nitrogens with one attached hydrogen (secondary N) is 1. The predicted octanol–water partition coefficient (Wildman–Crippen LogP) is 5.06. The zero-order valence-corrected chi connectivity index (χ0v) is 22.0. The number of carbonyl (C=O) groups is 2. The molecule has 39 heavy (non-hydrogen) atoms. The zero-order chi connectivity index (χ0) is 27.4. The molecule has 2 fully saturated rings. The van der Waals surface area contributed by atoms with E-state index in [1.54, 1.807) is 12.1 Å². The number of Topliss-reactive ketones (excluding diaryl/α,β-unsaturated/α-hetero) is 1. The molecule has 1 aliphatic carbocycles. The van der Waals surface area contributed by atoms with Crippen LogP contribution in [0.3, 0.4) is 0 Å². The van der Waals surface area contributed by atoms with E-state index in [2.05, 4.69) is 33.3 Å². The van der Waals surface area contributed by atoms with Gasteiger partial charge in [-0.1, -0.05) is 12.8 Å². The molecule has 1 aromatic carbocycles. The van der Waals surface area contributed by atoms with E-state index in [0.29, 0.717) is 37.0 Å². The quantitative estimate of drug-likeness (QED) is 0.268. The molecule has 1 unspecified atom stereocenters. The van der Waals surface area contributed by atoms with Crippen molar-refractivity contribution in [3.63, 3.8) is 0 Å². The van der Waals surface area contributed by atoms with Gasteiger partial charge >= 0.3 is 0 Å². The standard InChI is InChI=1S/C29H32FN5O4/c1-35-14-11-29(12-15-35)17-21(29)26(37)33-22(5-3-2-4-6-24(36)28-32-13-16-38-28)25-23(18-31)34-27(39-25)19-7-9-20(30)10-8-19/h7-10,13,16,21-22H,2-6,11-12,14-15,17H2,1H3,(H,33,37)/t21-,22?/m1/s1. The summed E-state index contributed by atoms with van der Waals surface area (Å²) in [5.41, 5.74) is 0.713. The lowest BCUT2D eigenvalue weighted by Crippen LogP contribution is -2.36. The third-order valence-corrected chi connectivity index (χ3v) is 8.04. The van der Waals surface area contributed by atoms with Gasteiger partial charge in [0.2, 0.25) is 17.6 Å². The number of piperidine rings is 1. The number of amides is 1. The van der Waals surface area contributed by atoms with E-state index in [4.69, 9.17) is 8.83 Å². The Kier molecular flexibility index (Phi) is 7.89. The number of benzene rings is 1. The van der Waals surface area contributed by atoms with E-state index in [0.717, 1.165) is 38.8 Å². The van der Waals surface area contributed by atoms with E-state index in [1.165, 1.54) is 24.6 Å². The Bertz CT molecular complexity index is 1340. The Labute approximate surface area is 226 Å². The first-order chi connectivity index (χ1) is 18.9. The second-order valence-electron chi connectivity index (χ2n) is 10.7. The van der Waals surface area contributed by atoms with Crippen molar-refractivity contribution in [3.8, 4) is 17.5 Å². The molecule has 0 bridgehead atoms. The largest absolute Gasteiger partial charge is 0.442 e. The molecular weight excluding hydrogens is 501 g/mol. The summed E-state index contributed by atoms with van der Waals surface area (Å²) in [6.45, 7) is 1.97. The molecule has 3 heterocycles. The maximum absolute atomic E-state index is 13.4. The Morgan fingerprint density at radius 2 is 2.00 bits per heavy atom. The normalized spacial score (nSPS) is 18.9. The number of ketones is 1. The molecule has 5 rings (SSSR count). The second kappa shape index (κ2) is 11.5. The SMILES string of the molecule is CN1CCC2(CC1)C[C@@H]2C(=O)NC(CCCCCC(=O)c1ncco1)c1oc(-c2ccc(F)cc2)nc1C#N. The van der Waals surface area contributed by atoms with Crippen LogP contribution in [0.25, 0.3) is 11.5 Å². The summed E-state index contributed by atoms with van der Waals surface area (Å²) in [6.07, 6.45) is 8.62. The first kappa shape index (κ1) is 26.8. The first-order valence-corrected chi connectivity index (χ1v) is 13.5. The molecule has 10 heteroatoms. The molecule has 0 radical (unpaired) electrons. The number of likely N-dealkylation sites (tertiary alicyclic amines) is 1. The van der Waals surface area contributed by atoms with Gasteiger partial charge in [0, 0.05) is 17.9 Å². The van der Waals surface area contributed by atoms with Crippen molar-refractivity contribution < 1.29 is 22.8 Å². The van der Waals surface area contributed by atoms with Gasteiger partial charge < -0.3 is 19.1 Å². The van der Waals surface area contributed by atoms with Crippen LogP contribution in [-0.2, 0) is 4.79 Å². The molecule has 2 aliphatic rings. The lowest BCUT2D eigenvalue weighted by Gasteiger charge is -2.30. The lowest BCUT2D eigenvalue weighted by molar-refractivity contribution is -0.124. The first-order valence-electron chi connectivity index (χ1n) is 13.5. The van der Waals surface area contributed by atoms with Crippen molar-refractivity contribution in [2.75, 3.05) is 20.1 Å². The van der Waals surface area contributed by atoms with E-state index in [1.807, 2.05) is 0 Å². The number of hydrogen-bond acceptors (Lipinski definition) is 8. The minimum absolute atomic E-state index is 0.0211. The van der Waals surface area contributed by atoms with E-state index < -0.39 is 6.04 Å².